The van der Waals surface area contributed by atoms with E-state index < -0.39 is 21.4 Å². The van der Waals surface area contributed by atoms with Crippen LogP contribution < -0.4 is 14.5 Å². The third-order valence-electron chi connectivity index (χ3n) is 9.32. The van der Waals surface area contributed by atoms with Crippen molar-refractivity contribution in [2.45, 2.75) is 30.7 Å². The van der Waals surface area contributed by atoms with Crippen LogP contribution in [-0.4, -0.2) is 100 Å². The SMILES string of the molecule is CN1C(=O)C2(CCC2)c2c1cnc1cc(F)c(-c3cnc(N4CC(N(C)C)C4)c(NS(=O)(=O)N4CCOCC4)c3)cc21.Cl. The number of aromatic nitrogens is 2. The molecule has 0 unspecified atom stereocenters. The van der Waals surface area contributed by atoms with Gasteiger partial charge in [-0.1, -0.05) is 6.42 Å². The van der Waals surface area contributed by atoms with Crippen molar-refractivity contribution in [1.29, 1.82) is 0 Å². The number of amides is 1. The Morgan fingerprint density at radius 1 is 1.09 bits per heavy atom. The zero-order valence-corrected chi connectivity index (χ0v) is 26.0. The van der Waals surface area contributed by atoms with Crippen LogP contribution >= 0.6 is 12.4 Å². The summed E-state index contributed by atoms with van der Waals surface area (Å²) in [5, 5.41) is 0.734. The van der Waals surface area contributed by atoms with Crippen LogP contribution in [0.5, 0.6) is 0 Å². The Morgan fingerprint density at radius 3 is 2.47 bits per heavy atom. The molecule has 5 heterocycles. The molecule has 14 heteroatoms. The summed E-state index contributed by atoms with van der Waals surface area (Å²) in [7, 11) is 1.88. The molecule has 1 aliphatic carbocycles. The fourth-order valence-electron chi connectivity index (χ4n) is 6.59. The third kappa shape index (κ3) is 4.72. The first kappa shape index (κ1) is 29.9. The number of ether oxygens (including phenoxy) is 1. The van der Waals surface area contributed by atoms with Crippen LogP contribution in [0, 0.1) is 5.82 Å². The van der Waals surface area contributed by atoms with Gasteiger partial charge in [0.2, 0.25) is 5.91 Å². The second kappa shape index (κ2) is 10.8. The first-order valence-corrected chi connectivity index (χ1v) is 15.7. The molecule has 43 heavy (non-hydrogen) atoms. The Labute approximate surface area is 256 Å². The van der Waals surface area contributed by atoms with Crippen LogP contribution in [0.2, 0.25) is 0 Å². The van der Waals surface area contributed by atoms with Gasteiger partial charge in [-0.25, -0.2) is 9.37 Å². The molecule has 1 aromatic carbocycles. The van der Waals surface area contributed by atoms with E-state index in [1.54, 1.807) is 36.5 Å². The standard InChI is InChI=1S/C29H34FN7O4S.ClH/c1-34(2)19-16-36(17-19)27-24(33-42(39,40)37-7-9-41-10-8-37)11-18(14-32-27)20-12-21-23(13-22(20)30)31-15-25-26(21)29(5-4-6-29)28(38)35(25)3;/h11-15,19,33H,4-10,16-17H2,1-3H3;1H. The fourth-order valence-corrected chi connectivity index (χ4v) is 7.78. The average Bonchev–Trinajstić information content (AvgIpc) is 3.15. The number of fused-ring (bicyclic) bond motifs is 4. The lowest BCUT2D eigenvalue weighted by Crippen LogP contribution is -2.58. The van der Waals surface area contributed by atoms with E-state index in [9.17, 15) is 13.2 Å². The zero-order chi connectivity index (χ0) is 29.4. The molecule has 1 saturated carbocycles. The number of morpholine rings is 1. The van der Waals surface area contributed by atoms with Crippen LogP contribution in [0.3, 0.4) is 0 Å². The normalized spacial score (nSPS) is 20.3. The Morgan fingerprint density at radius 2 is 1.81 bits per heavy atom. The van der Waals surface area contributed by atoms with Gasteiger partial charge in [0, 0.05) is 73.6 Å². The number of rotatable bonds is 6. The molecule has 0 radical (unpaired) electrons. The van der Waals surface area contributed by atoms with Gasteiger partial charge in [0.05, 0.1) is 41.7 Å². The molecule has 1 N–H and O–H groups in total. The first-order chi connectivity index (χ1) is 20.1. The number of carbonyl (C=O) groups excluding carboxylic acids is 1. The van der Waals surface area contributed by atoms with Crippen LogP contribution in [0.1, 0.15) is 24.8 Å². The maximum absolute atomic E-state index is 15.7. The highest BCUT2D eigenvalue weighted by Crippen LogP contribution is 2.55. The van der Waals surface area contributed by atoms with E-state index in [2.05, 4.69) is 19.6 Å². The monoisotopic (exact) mass is 631 g/mol. The number of nitrogens with one attached hydrogen (secondary N) is 1. The Hall–Kier alpha value is -3.10. The molecule has 230 valence electrons. The molecule has 3 fully saturated rings. The molecule has 3 aromatic rings. The van der Waals surface area contributed by atoms with Crippen LogP contribution in [-0.2, 0) is 25.2 Å². The molecule has 1 spiro atoms. The summed E-state index contributed by atoms with van der Waals surface area (Å²) in [6.45, 7) is 2.52. The molecule has 4 aliphatic rings. The quantitative estimate of drug-likeness (QED) is 0.442. The van der Waals surface area contributed by atoms with Gasteiger partial charge in [0.1, 0.15) is 5.82 Å². The highest BCUT2D eigenvalue weighted by atomic mass is 35.5. The van der Waals surface area contributed by atoms with Gasteiger partial charge in [0.15, 0.2) is 5.82 Å². The third-order valence-corrected chi connectivity index (χ3v) is 10.8. The summed E-state index contributed by atoms with van der Waals surface area (Å²) >= 11 is 0. The molecule has 2 saturated heterocycles. The summed E-state index contributed by atoms with van der Waals surface area (Å²) < 4.78 is 51.9. The fraction of sp³-hybridized carbons (Fsp3) is 0.483. The number of benzene rings is 1. The smallest absolute Gasteiger partial charge is 0.301 e. The molecule has 7 rings (SSSR count). The molecule has 2 aromatic heterocycles. The predicted molar refractivity (Wildman–Crippen MR) is 166 cm³/mol. The molecule has 1 amide bonds. The lowest BCUT2D eigenvalue weighted by Gasteiger charge is -2.44. The number of anilines is 3. The van der Waals surface area contributed by atoms with Crippen molar-refractivity contribution in [3.8, 4) is 11.1 Å². The van der Waals surface area contributed by atoms with Gasteiger partial charge >= 0.3 is 10.2 Å². The summed E-state index contributed by atoms with van der Waals surface area (Å²) in [6.07, 6.45) is 5.71. The lowest BCUT2D eigenvalue weighted by atomic mass is 9.64. The summed E-state index contributed by atoms with van der Waals surface area (Å²) in [4.78, 5) is 28.2. The highest BCUT2D eigenvalue weighted by molar-refractivity contribution is 7.90. The van der Waals surface area contributed by atoms with Crippen molar-refractivity contribution >= 4 is 56.6 Å². The minimum absolute atomic E-state index is 0. The van der Waals surface area contributed by atoms with Crippen molar-refractivity contribution in [3.05, 3.63) is 42.0 Å². The second-order valence-electron chi connectivity index (χ2n) is 11.9. The number of hydrogen-bond acceptors (Lipinski definition) is 8. The minimum Gasteiger partial charge on any atom is -0.379 e. The average molecular weight is 632 g/mol. The number of nitrogens with zero attached hydrogens (tertiary/aromatic N) is 6. The number of hydrogen-bond donors (Lipinski definition) is 1. The molecule has 0 atom stereocenters. The Balaban J connectivity index is 0.00000329. The van der Waals surface area contributed by atoms with Crippen molar-refractivity contribution in [1.82, 2.24) is 19.2 Å². The van der Waals surface area contributed by atoms with Crippen molar-refractivity contribution < 1.29 is 22.3 Å². The van der Waals surface area contributed by atoms with Crippen molar-refractivity contribution in [2.75, 3.05) is 75.1 Å². The Kier molecular flexibility index (Phi) is 7.53. The largest absolute Gasteiger partial charge is 0.379 e. The van der Waals surface area contributed by atoms with Crippen molar-refractivity contribution in [2.24, 2.45) is 0 Å². The molecule has 0 bridgehead atoms. The van der Waals surface area contributed by atoms with Gasteiger partial charge in [-0.3, -0.25) is 14.5 Å². The van der Waals surface area contributed by atoms with Gasteiger partial charge in [-0.05, 0) is 39.1 Å². The first-order valence-electron chi connectivity index (χ1n) is 14.3. The molecule has 11 nitrogen and oxygen atoms in total. The molecule has 3 aliphatic heterocycles. The van der Waals surface area contributed by atoms with E-state index >= 15 is 4.39 Å². The summed E-state index contributed by atoms with van der Waals surface area (Å²) in [5.74, 6) is 0.0573. The summed E-state index contributed by atoms with van der Waals surface area (Å²) in [5.41, 5.74) is 2.54. The number of pyridine rings is 2. The number of halogens is 2. The van der Waals surface area contributed by atoms with Gasteiger partial charge in [-0.15, -0.1) is 12.4 Å². The molecular weight excluding hydrogens is 597 g/mol. The van der Waals surface area contributed by atoms with Crippen LogP contribution in [0.15, 0.2) is 30.6 Å². The maximum Gasteiger partial charge on any atom is 0.301 e. The molecular formula is C29H35ClFN7O4S. The number of carbonyl (C=O) groups is 1. The maximum atomic E-state index is 15.7. The summed E-state index contributed by atoms with van der Waals surface area (Å²) in [6, 6.07) is 5.11. The van der Waals surface area contributed by atoms with Crippen LogP contribution in [0.25, 0.3) is 22.0 Å². The number of likely N-dealkylation sites (N-methyl/N-ethyl adjacent to an activating group) is 2. The van der Waals surface area contributed by atoms with E-state index in [-0.39, 0.29) is 42.7 Å². The van der Waals surface area contributed by atoms with Gasteiger partial charge < -0.3 is 19.4 Å². The second-order valence-corrected chi connectivity index (χ2v) is 13.6. The lowest BCUT2D eigenvalue weighted by molar-refractivity contribution is -0.125. The van der Waals surface area contributed by atoms with Gasteiger partial charge in [-0.2, -0.15) is 12.7 Å². The van der Waals surface area contributed by atoms with E-state index in [1.807, 2.05) is 19.0 Å². The van der Waals surface area contributed by atoms with E-state index in [0.717, 1.165) is 35.9 Å². The van der Waals surface area contributed by atoms with E-state index in [1.165, 1.54) is 10.4 Å². The van der Waals surface area contributed by atoms with E-state index in [4.69, 9.17) is 4.74 Å². The predicted octanol–water partition coefficient (Wildman–Crippen LogP) is 2.99. The van der Waals surface area contributed by atoms with Crippen molar-refractivity contribution in [3.63, 3.8) is 0 Å². The minimum atomic E-state index is -3.90. The Bertz CT molecular complexity index is 1710. The topological polar surface area (TPSA) is 111 Å². The highest BCUT2D eigenvalue weighted by Gasteiger charge is 2.54. The van der Waals surface area contributed by atoms with E-state index in [0.29, 0.717) is 49.2 Å². The van der Waals surface area contributed by atoms with Gasteiger partial charge in [0.25, 0.3) is 0 Å². The van der Waals surface area contributed by atoms with Crippen LogP contribution in [0.4, 0.5) is 21.6 Å². The zero-order valence-electron chi connectivity index (χ0n) is 24.3.